The molecule has 14 heavy (non-hydrogen) atoms. The Labute approximate surface area is 93.2 Å². The molecule has 0 fully saturated rings. The maximum atomic E-state index is 10.7. The van der Waals surface area contributed by atoms with Gasteiger partial charge in [-0.15, -0.1) is 0 Å². The van der Waals surface area contributed by atoms with Gasteiger partial charge in [0, 0.05) is 15.8 Å². The molecule has 2 rings (SSSR count). The van der Waals surface area contributed by atoms with E-state index in [-0.39, 0.29) is 10.6 Å². The third kappa shape index (κ3) is 1.54. The lowest BCUT2D eigenvalue weighted by molar-refractivity contribution is -0.383. The average molecular weight is 300 g/mol. The third-order valence-corrected chi connectivity index (χ3v) is 2.55. The minimum absolute atomic E-state index is 0.105. The van der Waals surface area contributed by atoms with Gasteiger partial charge in [0.2, 0.25) is 0 Å². The first-order chi connectivity index (χ1) is 6.68. The highest BCUT2D eigenvalue weighted by Crippen LogP contribution is 2.24. The molecule has 0 N–H and O–H groups in total. The van der Waals surface area contributed by atoms with Crippen LogP contribution in [0.3, 0.4) is 0 Å². The summed E-state index contributed by atoms with van der Waals surface area (Å²) < 4.78 is 0.964. The maximum absolute atomic E-state index is 10.7. The number of benzene rings is 1. The van der Waals surface area contributed by atoms with Crippen LogP contribution >= 0.6 is 22.6 Å². The smallest absolute Gasteiger partial charge is 0.258 e. The summed E-state index contributed by atoms with van der Waals surface area (Å²) in [6.45, 7) is 0. The molecule has 5 heteroatoms. The van der Waals surface area contributed by atoms with Crippen molar-refractivity contribution >= 4 is 39.2 Å². The van der Waals surface area contributed by atoms with E-state index in [9.17, 15) is 10.1 Å². The van der Waals surface area contributed by atoms with E-state index in [1.807, 2.05) is 6.07 Å². The average Bonchev–Trinajstić information content (AvgIpc) is 2.16. The zero-order valence-electron chi connectivity index (χ0n) is 6.98. The van der Waals surface area contributed by atoms with E-state index in [0.29, 0.717) is 10.9 Å². The van der Waals surface area contributed by atoms with Gasteiger partial charge in [-0.2, -0.15) is 0 Å². The molecule has 0 bridgehead atoms. The van der Waals surface area contributed by atoms with Crippen LogP contribution in [0, 0.1) is 13.7 Å². The van der Waals surface area contributed by atoms with Crippen molar-refractivity contribution < 1.29 is 4.92 Å². The third-order valence-electron chi connectivity index (χ3n) is 1.88. The first kappa shape index (κ1) is 9.32. The predicted octanol–water partition coefficient (Wildman–Crippen LogP) is 2.75. The molecule has 1 aromatic heterocycles. The van der Waals surface area contributed by atoms with Crippen molar-refractivity contribution in [3.8, 4) is 0 Å². The summed E-state index contributed by atoms with van der Waals surface area (Å²) in [4.78, 5) is 14.4. The van der Waals surface area contributed by atoms with E-state index in [4.69, 9.17) is 0 Å². The SMILES string of the molecule is O=[N+]([O-])c1ccnc2ccc(I)cc12. The summed E-state index contributed by atoms with van der Waals surface area (Å²) in [6.07, 6.45) is 1.45. The van der Waals surface area contributed by atoms with Gasteiger partial charge in [0.15, 0.2) is 0 Å². The van der Waals surface area contributed by atoms with Crippen LogP contribution in [0.2, 0.25) is 0 Å². The Hall–Kier alpha value is -1.24. The molecule has 0 atom stereocenters. The number of hydrogen-bond donors (Lipinski definition) is 0. The Kier molecular flexibility index (Phi) is 2.32. The molecule has 0 aliphatic carbocycles. The zero-order valence-corrected chi connectivity index (χ0v) is 9.13. The summed E-state index contributed by atoms with van der Waals surface area (Å²) in [6, 6.07) is 6.84. The largest absolute Gasteiger partial charge is 0.280 e. The second-order valence-corrected chi connectivity index (χ2v) is 3.99. The Morgan fingerprint density at radius 3 is 2.86 bits per heavy atom. The number of aromatic nitrogens is 1. The van der Waals surface area contributed by atoms with Crippen LogP contribution in [0.15, 0.2) is 30.5 Å². The minimum atomic E-state index is -0.389. The van der Waals surface area contributed by atoms with Crippen LogP contribution in [0.1, 0.15) is 0 Å². The first-order valence-electron chi connectivity index (χ1n) is 3.87. The highest BCUT2D eigenvalue weighted by molar-refractivity contribution is 14.1. The van der Waals surface area contributed by atoms with Crippen LogP contribution in [0.25, 0.3) is 10.9 Å². The summed E-state index contributed by atoms with van der Waals surface area (Å²) in [5.41, 5.74) is 0.758. The molecule has 2 aromatic rings. The van der Waals surface area contributed by atoms with Crippen LogP contribution in [-0.4, -0.2) is 9.91 Å². The molecule has 1 aromatic carbocycles. The molecule has 0 unspecified atom stereocenters. The topological polar surface area (TPSA) is 56.0 Å². The molecule has 0 saturated heterocycles. The summed E-state index contributed by atoms with van der Waals surface area (Å²) in [5.74, 6) is 0. The van der Waals surface area contributed by atoms with Crippen molar-refractivity contribution in [1.82, 2.24) is 4.98 Å². The van der Waals surface area contributed by atoms with Gasteiger partial charge < -0.3 is 0 Å². The Morgan fingerprint density at radius 1 is 1.36 bits per heavy atom. The lowest BCUT2D eigenvalue weighted by Gasteiger charge is -1.98. The molecule has 0 saturated carbocycles. The minimum Gasteiger partial charge on any atom is -0.258 e. The van der Waals surface area contributed by atoms with Gasteiger partial charge in [-0.05, 0) is 40.8 Å². The molecule has 0 spiro atoms. The molecule has 4 nitrogen and oxygen atoms in total. The van der Waals surface area contributed by atoms with Crippen LogP contribution < -0.4 is 0 Å². The van der Waals surface area contributed by atoms with Crippen molar-refractivity contribution in [3.63, 3.8) is 0 Å². The quantitative estimate of drug-likeness (QED) is 0.462. The van der Waals surface area contributed by atoms with Crippen LogP contribution in [0.4, 0.5) is 5.69 Å². The molecule has 0 amide bonds. The number of fused-ring (bicyclic) bond motifs is 1. The molecule has 0 aliphatic heterocycles. The molecular formula is C9H5IN2O2. The number of rotatable bonds is 1. The van der Waals surface area contributed by atoms with Crippen LogP contribution in [-0.2, 0) is 0 Å². The lowest BCUT2D eigenvalue weighted by atomic mass is 10.2. The zero-order chi connectivity index (χ0) is 10.1. The fourth-order valence-corrected chi connectivity index (χ4v) is 1.75. The number of hydrogen-bond acceptors (Lipinski definition) is 3. The lowest BCUT2D eigenvalue weighted by Crippen LogP contribution is -1.90. The summed E-state index contributed by atoms with van der Waals surface area (Å²) in [5, 5.41) is 11.3. The van der Waals surface area contributed by atoms with Crippen molar-refractivity contribution in [2.45, 2.75) is 0 Å². The van der Waals surface area contributed by atoms with Crippen molar-refractivity contribution in [2.24, 2.45) is 0 Å². The van der Waals surface area contributed by atoms with E-state index in [2.05, 4.69) is 27.6 Å². The second-order valence-electron chi connectivity index (χ2n) is 2.75. The van der Waals surface area contributed by atoms with Crippen LogP contribution in [0.5, 0.6) is 0 Å². The monoisotopic (exact) mass is 300 g/mol. The number of nitrogens with zero attached hydrogens (tertiary/aromatic N) is 2. The highest BCUT2D eigenvalue weighted by atomic mass is 127. The standard InChI is InChI=1S/C9H5IN2O2/c10-6-1-2-8-7(5-6)9(12(13)14)3-4-11-8/h1-5H. The van der Waals surface area contributed by atoms with E-state index in [1.165, 1.54) is 12.3 Å². The Balaban J connectivity index is 2.84. The van der Waals surface area contributed by atoms with Crippen molar-refractivity contribution in [3.05, 3.63) is 44.1 Å². The molecule has 0 radical (unpaired) electrons. The van der Waals surface area contributed by atoms with Crippen molar-refractivity contribution in [2.75, 3.05) is 0 Å². The van der Waals surface area contributed by atoms with Gasteiger partial charge in [0.25, 0.3) is 5.69 Å². The molecule has 0 aliphatic rings. The maximum Gasteiger partial charge on any atom is 0.280 e. The predicted molar refractivity (Wildman–Crippen MR) is 61.1 cm³/mol. The molecular weight excluding hydrogens is 295 g/mol. The van der Waals surface area contributed by atoms with Gasteiger partial charge in [-0.3, -0.25) is 15.1 Å². The Bertz CT molecular complexity index is 513. The summed E-state index contributed by atoms with van der Waals surface area (Å²) in [7, 11) is 0. The highest BCUT2D eigenvalue weighted by Gasteiger charge is 2.11. The van der Waals surface area contributed by atoms with Gasteiger partial charge in [0.05, 0.1) is 15.8 Å². The second kappa shape index (κ2) is 3.49. The van der Waals surface area contributed by atoms with Crippen molar-refractivity contribution in [1.29, 1.82) is 0 Å². The number of halogens is 1. The van der Waals surface area contributed by atoms with E-state index in [0.717, 1.165) is 3.57 Å². The summed E-state index contributed by atoms with van der Waals surface area (Å²) >= 11 is 2.12. The van der Waals surface area contributed by atoms with E-state index >= 15 is 0 Å². The van der Waals surface area contributed by atoms with E-state index < -0.39 is 0 Å². The normalized spacial score (nSPS) is 10.4. The number of nitro groups is 1. The van der Waals surface area contributed by atoms with E-state index in [1.54, 1.807) is 12.1 Å². The van der Waals surface area contributed by atoms with Gasteiger partial charge in [-0.25, -0.2) is 0 Å². The fraction of sp³-hybridized carbons (Fsp3) is 0. The number of pyridine rings is 1. The molecule has 70 valence electrons. The van der Waals surface area contributed by atoms with Gasteiger partial charge in [-0.1, -0.05) is 0 Å². The Morgan fingerprint density at radius 2 is 2.14 bits per heavy atom. The van der Waals surface area contributed by atoms with Gasteiger partial charge in [0.1, 0.15) is 0 Å². The molecule has 1 heterocycles. The fourth-order valence-electron chi connectivity index (χ4n) is 1.26. The first-order valence-corrected chi connectivity index (χ1v) is 4.95. The van der Waals surface area contributed by atoms with Gasteiger partial charge >= 0.3 is 0 Å².